The maximum Gasteiger partial charge on any atom is 0.446 e. The van der Waals surface area contributed by atoms with Crippen LogP contribution >= 0.6 is 11.8 Å². The number of aromatic hydroxyl groups is 1. The van der Waals surface area contributed by atoms with Gasteiger partial charge in [0.05, 0.1) is 0 Å². The van der Waals surface area contributed by atoms with Gasteiger partial charge in [-0.1, -0.05) is 0 Å². The molecule has 1 aromatic carbocycles. The average molecular weight is 222 g/mol. The first-order valence-electron chi connectivity index (χ1n) is 3.85. The van der Waals surface area contributed by atoms with E-state index in [-0.39, 0.29) is 22.4 Å². The maximum absolute atomic E-state index is 12.1. The van der Waals surface area contributed by atoms with Gasteiger partial charge in [-0.05, 0) is 48.9 Å². The zero-order chi connectivity index (χ0) is 10.9. The quantitative estimate of drug-likeness (QED) is 0.732. The summed E-state index contributed by atoms with van der Waals surface area (Å²) in [6.45, 7) is 3.26. The lowest BCUT2D eigenvalue weighted by atomic mass is 10.1. The van der Waals surface area contributed by atoms with E-state index in [4.69, 9.17) is 5.11 Å². The third kappa shape index (κ3) is 2.83. The van der Waals surface area contributed by atoms with Crippen molar-refractivity contribution in [1.82, 2.24) is 0 Å². The van der Waals surface area contributed by atoms with E-state index in [1.54, 1.807) is 13.8 Å². The summed E-state index contributed by atoms with van der Waals surface area (Å²) in [5.74, 6) is -0.139. The molecule has 0 radical (unpaired) electrons. The number of aryl methyl sites for hydroxylation is 1. The lowest BCUT2D eigenvalue weighted by Gasteiger charge is -2.10. The second kappa shape index (κ2) is 3.73. The van der Waals surface area contributed by atoms with Gasteiger partial charge in [0.1, 0.15) is 5.75 Å². The SMILES string of the molecule is Cc1cc(O)cc(SC(F)(F)F)c1C. The Labute approximate surface area is 83.9 Å². The highest BCUT2D eigenvalue weighted by Gasteiger charge is 2.30. The highest BCUT2D eigenvalue weighted by molar-refractivity contribution is 8.00. The van der Waals surface area contributed by atoms with Crippen LogP contribution in [0.2, 0.25) is 0 Å². The van der Waals surface area contributed by atoms with E-state index >= 15 is 0 Å². The largest absolute Gasteiger partial charge is 0.508 e. The van der Waals surface area contributed by atoms with E-state index in [9.17, 15) is 13.2 Å². The zero-order valence-corrected chi connectivity index (χ0v) is 8.46. The number of hydrogen-bond donors (Lipinski definition) is 1. The number of rotatable bonds is 1. The van der Waals surface area contributed by atoms with Crippen LogP contribution in [0.15, 0.2) is 17.0 Å². The highest BCUT2D eigenvalue weighted by Crippen LogP contribution is 2.40. The summed E-state index contributed by atoms with van der Waals surface area (Å²) in [6, 6.07) is 2.57. The van der Waals surface area contributed by atoms with Gasteiger partial charge in [0.15, 0.2) is 0 Å². The number of phenolic OH excluding ortho intramolecular Hbond substituents is 1. The van der Waals surface area contributed by atoms with Crippen LogP contribution in [0.25, 0.3) is 0 Å². The smallest absolute Gasteiger partial charge is 0.446 e. The van der Waals surface area contributed by atoms with Crippen molar-refractivity contribution < 1.29 is 18.3 Å². The van der Waals surface area contributed by atoms with Crippen LogP contribution in [0.3, 0.4) is 0 Å². The summed E-state index contributed by atoms with van der Waals surface area (Å²) in [6.07, 6.45) is 0. The monoisotopic (exact) mass is 222 g/mol. The molecule has 0 saturated carbocycles. The first kappa shape index (κ1) is 11.2. The molecule has 0 bridgehead atoms. The lowest BCUT2D eigenvalue weighted by molar-refractivity contribution is -0.0328. The third-order valence-electron chi connectivity index (χ3n) is 1.83. The summed E-state index contributed by atoms with van der Waals surface area (Å²) in [5, 5.41) is 9.13. The van der Waals surface area contributed by atoms with Crippen molar-refractivity contribution in [3.63, 3.8) is 0 Å². The highest BCUT2D eigenvalue weighted by atomic mass is 32.2. The van der Waals surface area contributed by atoms with Gasteiger partial charge in [-0.25, -0.2) is 0 Å². The Morgan fingerprint density at radius 3 is 2.29 bits per heavy atom. The van der Waals surface area contributed by atoms with E-state index in [0.29, 0.717) is 11.1 Å². The zero-order valence-electron chi connectivity index (χ0n) is 7.64. The van der Waals surface area contributed by atoms with Gasteiger partial charge in [-0.2, -0.15) is 13.2 Å². The predicted molar refractivity (Wildman–Crippen MR) is 49.5 cm³/mol. The predicted octanol–water partition coefficient (Wildman–Crippen LogP) is 3.62. The van der Waals surface area contributed by atoms with Crippen molar-refractivity contribution in [2.75, 3.05) is 0 Å². The van der Waals surface area contributed by atoms with Crippen molar-refractivity contribution in [1.29, 1.82) is 0 Å². The molecule has 0 spiro atoms. The molecule has 0 atom stereocenters. The van der Waals surface area contributed by atoms with Crippen molar-refractivity contribution >= 4 is 11.8 Å². The van der Waals surface area contributed by atoms with Crippen LogP contribution in [-0.4, -0.2) is 10.6 Å². The topological polar surface area (TPSA) is 20.2 Å². The number of alkyl halides is 3. The maximum atomic E-state index is 12.1. The molecule has 0 heterocycles. The van der Waals surface area contributed by atoms with Gasteiger partial charge in [-0.15, -0.1) is 0 Å². The number of benzene rings is 1. The molecule has 78 valence electrons. The molecule has 14 heavy (non-hydrogen) atoms. The summed E-state index contributed by atoms with van der Waals surface area (Å²) < 4.78 is 36.2. The Kier molecular flexibility index (Phi) is 2.99. The Hall–Kier alpha value is -0.840. The molecular formula is C9H9F3OS. The standard InChI is InChI=1S/C9H9F3OS/c1-5-3-7(13)4-8(6(5)2)14-9(10,11)12/h3-4,13H,1-2H3. The average Bonchev–Trinajstić information content (AvgIpc) is 1.96. The van der Waals surface area contributed by atoms with E-state index in [1.807, 2.05) is 0 Å². The molecule has 0 amide bonds. The molecule has 0 aliphatic carbocycles. The van der Waals surface area contributed by atoms with Crippen LogP contribution in [-0.2, 0) is 0 Å². The van der Waals surface area contributed by atoms with E-state index in [1.165, 1.54) is 6.07 Å². The first-order chi connectivity index (χ1) is 6.29. The molecule has 5 heteroatoms. The first-order valence-corrected chi connectivity index (χ1v) is 4.67. The van der Waals surface area contributed by atoms with Crippen molar-refractivity contribution in [2.45, 2.75) is 24.3 Å². The Bertz CT molecular complexity index is 347. The fourth-order valence-corrected chi connectivity index (χ4v) is 1.78. The molecule has 0 unspecified atom stereocenters. The minimum atomic E-state index is -4.31. The van der Waals surface area contributed by atoms with Gasteiger partial charge < -0.3 is 5.11 Å². The number of thioether (sulfide) groups is 1. The Morgan fingerprint density at radius 2 is 1.79 bits per heavy atom. The van der Waals surface area contributed by atoms with Crippen LogP contribution in [0.4, 0.5) is 13.2 Å². The molecule has 1 nitrogen and oxygen atoms in total. The van der Waals surface area contributed by atoms with Crippen LogP contribution in [0, 0.1) is 13.8 Å². The van der Waals surface area contributed by atoms with E-state index in [2.05, 4.69) is 0 Å². The minimum absolute atomic E-state index is 0.0509. The molecule has 1 aromatic rings. The molecule has 1 rings (SSSR count). The fourth-order valence-electron chi connectivity index (χ4n) is 1.04. The Balaban J connectivity index is 3.09. The van der Waals surface area contributed by atoms with Gasteiger partial charge >= 0.3 is 5.51 Å². The summed E-state index contributed by atoms with van der Waals surface area (Å²) >= 11 is -0.204. The lowest BCUT2D eigenvalue weighted by Crippen LogP contribution is -2.00. The second-order valence-electron chi connectivity index (χ2n) is 2.93. The second-order valence-corrected chi connectivity index (χ2v) is 4.04. The van der Waals surface area contributed by atoms with Gasteiger partial charge in [0, 0.05) is 4.90 Å². The Morgan fingerprint density at radius 1 is 1.21 bits per heavy atom. The molecule has 0 saturated heterocycles. The molecule has 0 aromatic heterocycles. The van der Waals surface area contributed by atoms with Crippen LogP contribution in [0.1, 0.15) is 11.1 Å². The number of phenols is 1. The molecule has 1 N–H and O–H groups in total. The van der Waals surface area contributed by atoms with Gasteiger partial charge in [0.2, 0.25) is 0 Å². The van der Waals surface area contributed by atoms with Crippen LogP contribution < -0.4 is 0 Å². The van der Waals surface area contributed by atoms with Gasteiger partial charge in [-0.3, -0.25) is 0 Å². The minimum Gasteiger partial charge on any atom is -0.508 e. The summed E-state index contributed by atoms with van der Waals surface area (Å²) in [7, 11) is 0. The summed E-state index contributed by atoms with van der Waals surface area (Å²) in [5.41, 5.74) is -3.12. The van der Waals surface area contributed by atoms with Crippen molar-refractivity contribution in [2.24, 2.45) is 0 Å². The van der Waals surface area contributed by atoms with E-state index < -0.39 is 5.51 Å². The number of hydrogen-bond acceptors (Lipinski definition) is 2. The van der Waals surface area contributed by atoms with Crippen molar-refractivity contribution in [3.8, 4) is 5.75 Å². The molecular weight excluding hydrogens is 213 g/mol. The molecule has 0 aliphatic rings. The molecule has 0 aliphatic heterocycles. The number of halogens is 3. The fraction of sp³-hybridized carbons (Fsp3) is 0.333. The molecule has 0 fully saturated rings. The third-order valence-corrected chi connectivity index (χ3v) is 2.71. The van der Waals surface area contributed by atoms with Gasteiger partial charge in [0.25, 0.3) is 0 Å². The normalized spacial score (nSPS) is 11.8. The van der Waals surface area contributed by atoms with Crippen LogP contribution in [0.5, 0.6) is 5.75 Å². The van der Waals surface area contributed by atoms with Crippen molar-refractivity contribution in [3.05, 3.63) is 23.3 Å². The summed E-state index contributed by atoms with van der Waals surface area (Å²) in [4.78, 5) is 0.0509. The van der Waals surface area contributed by atoms with E-state index in [0.717, 1.165) is 6.07 Å².